The lowest BCUT2D eigenvalue weighted by atomic mass is 9.72. The molecule has 1 saturated carbocycles. The highest BCUT2D eigenvalue weighted by Gasteiger charge is 2.52. The van der Waals surface area contributed by atoms with Crippen LogP contribution in [0.3, 0.4) is 0 Å². The van der Waals surface area contributed by atoms with Crippen LogP contribution in [0.15, 0.2) is 24.3 Å². The average molecular weight is 274 g/mol. The summed E-state index contributed by atoms with van der Waals surface area (Å²) in [6.07, 6.45) is 4.78. The molecule has 3 aliphatic rings. The van der Waals surface area contributed by atoms with Crippen molar-refractivity contribution in [3.05, 3.63) is 29.8 Å². The van der Waals surface area contributed by atoms with Crippen molar-refractivity contribution >= 4 is 0 Å². The van der Waals surface area contributed by atoms with Crippen molar-refractivity contribution in [2.24, 2.45) is 11.3 Å². The molecule has 2 aliphatic heterocycles. The Hall–Kier alpha value is -1.06. The molecule has 1 aromatic rings. The third-order valence-corrected chi connectivity index (χ3v) is 5.32. The third-order valence-electron chi connectivity index (χ3n) is 5.32. The highest BCUT2D eigenvalue weighted by Crippen LogP contribution is 2.52. The molecule has 0 spiro atoms. The molecule has 1 aliphatic carbocycles. The Morgan fingerprint density at radius 3 is 2.90 bits per heavy atom. The molecule has 4 rings (SSSR count). The molecule has 3 heteroatoms. The monoisotopic (exact) mass is 274 g/mol. The summed E-state index contributed by atoms with van der Waals surface area (Å²) in [5.74, 6) is 2.11. The number of rotatable bonds is 4. The van der Waals surface area contributed by atoms with E-state index in [1.165, 1.54) is 18.4 Å². The number of aliphatic hydroxyl groups excluding tert-OH is 1. The molecule has 0 bridgehead atoms. The number of hydrogen-bond donors (Lipinski definition) is 1. The molecule has 20 heavy (non-hydrogen) atoms. The Labute approximate surface area is 119 Å². The molecule has 0 amide bonds. The summed E-state index contributed by atoms with van der Waals surface area (Å²) in [4.78, 5) is 0. The van der Waals surface area contributed by atoms with E-state index in [1.54, 1.807) is 0 Å². The lowest BCUT2D eigenvalue weighted by molar-refractivity contribution is -0.00882. The predicted octanol–water partition coefficient (Wildman–Crippen LogP) is 2.73. The molecule has 2 heterocycles. The maximum Gasteiger partial charge on any atom is 0.122 e. The van der Waals surface area contributed by atoms with Crippen molar-refractivity contribution in [3.8, 4) is 5.75 Å². The van der Waals surface area contributed by atoms with Gasteiger partial charge in [0.2, 0.25) is 0 Å². The zero-order valence-electron chi connectivity index (χ0n) is 11.8. The third kappa shape index (κ3) is 1.95. The quantitative estimate of drug-likeness (QED) is 0.917. The van der Waals surface area contributed by atoms with Gasteiger partial charge in [-0.25, -0.2) is 0 Å². The first-order valence-electron chi connectivity index (χ1n) is 7.77. The number of fused-ring (bicyclic) bond motifs is 1. The Kier molecular flexibility index (Phi) is 3.00. The van der Waals surface area contributed by atoms with Crippen molar-refractivity contribution in [3.63, 3.8) is 0 Å². The van der Waals surface area contributed by atoms with Gasteiger partial charge < -0.3 is 14.6 Å². The van der Waals surface area contributed by atoms with Crippen LogP contribution in [-0.4, -0.2) is 31.0 Å². The molecule has 3 unspecified atom stereocenters. The fraction of sp³-hybridized carbons (Fsp3) is 0.647. The highest BCUT2D eigenvalue weighted by atomic mass is 16.5. The van der Waals surface area contributed by atoms with Crippen molar-refractivity contribution in [1.29, 1.82) is 0 Å². The largest absolute Gasteiger partial charge is 0.493 e. The zero-order valence-corrected chi connectivity index (χ0v) is 11.8. The van der Waals surface area contributed by atoms with Crippen LogP contribution < -0.4 is 4.74 Å². The molecule has 1 aromatic carbocycles. The van der Waals surface area contributed by atoms with Gasteiger partial charge in [0, 0.05) is 23.5 Å². The summed E-state index contributed by atoms with van der Waals surface area (Å²) in [5.41, 5.74) is 1.26. The predicted molar refractivity (Wildman–Crippen MR) is 75.9 cm³/mol. The van der Waals surface area contributed by atoms with Gasteiger partial charge in [0.15, 0.2) is 0 Å². The zero-order chi connectivity index (χ0) is 13.6. The maximum atomic E-state index is 10.1. The minimum Gasteiger partial charge on any atom is -0.493 e. The lowest BCUT2D eigenvalue weighted by Gasteiger charge is -2.34. The summed E-state index contributed by atoms with van der Waals surface area (Å²) in [6.45, 7) is 1.79. The summed E-state index contributed by atoms with van der Waals surface area (Å²) < 4.78 is 11.8. The number of benzene rings is 1. The standard InChI is InChI=1S/C17H22O3/c18-11-17(7-8-19-16(17)12-5-6-12)9-13-10-20-15-4-2-1-3-14(13)15/h1-4,12-13,16,18H,5-11H2. The molecular weight excluding hydrogens is 252 g/mol. The fourth-order valence-electron chi connectivity index (χ4n) is 4.08. The van der Waals surface area contributed by atoms with Gasteiger partial charge in [0.1, 0.15) is 5.75 Å². The molecule has 2 fully saturated rings. The number of hydrogen-bond acceptors (Lipinski definition) is 3. The van der Waals surface area contributed by atoms with Crippen LogP contribution in [0.5, 0.6) is 5.75 Å². The van der Waals surface area contributed by atoms with Gasteiger partial charge in [-0.3, -0.25) is 0 Å². The Morgan fingerprint density at radius 2 is 2.10 bits per heavy atom. The number of ether oxygens (including phenoxy) is 2. The van der Waals surface area contributed by atoms with E-state index in [-0.39, 0.29) is 18.1 Å². The maximum absolute atomic E-state index is 10.1. The van der Waals surface area contributed by atoms with Crippen molar-refractivity contribution < 1.29 is 14.6 Å². The average Bonchev–Trinajstić information content (AvgIpc) is 3.12. The van der Waals surface area contributed by atoms with Gasteiger partial charge >= 0.3 is 0 Å². The van der Waals surface area contributed by atoms with Crippen LogP contribution in [0, 0.1) is 11.3 Å². The van der Waals surface area contributed by atoms with Crippen molar-refractivity contribution in [1.82, 2.24) is 0 Å². The minimum absolute atomic E-state index is 0.0490. The molecule has 3 nitrogen and oxygen atoms in total. The Balaban J connectivity index is 1.58. The van der Waals surface area contributed by atoms with E-state index in [9.17, 15) is 5.11 Å². The summed E-state index contributed by atoms with van der Waals surface area (Å²) in [7, 11) is 0. The van der Waals surface area contributed by atoms with Crippen LogP contribution >= 0.6 is 0 Å². The van der Waals surface area contributed by atoms with Crippen LogP contribution in [-0.2, 0) is 4.74 Å². The molecular formula is C17H22O3. The SMILES string of the molecule is OCC1(CC2COc3ccccc32)CCOC1C1CC1. The van der Waals surface area contributed by atoms with Gasteiger partial charge in [-0.1, -0.05) is 18.2 Å². The van der Waals surface area contributed by atoms with Gasteiger partial charge in [0.25, 0.3) is 0 Å². The van der Waals surface area contributed by atoms with E-state index in [4.69, 9.17) is 9.47 Å². The minimum atomic E-state index is -0.0490. The van der Waals surface area contributed by atoms with E-state index in [2.05, 4.69) is 12.1 Å². The van der Waals surface area contributed by atoms with Gasteiger partial charge in [0.05, 0.1) is 19.3 Å². The number of para-hydroxylation sites is 1. The molecule has 1 N–H and O–H groups in total. The number of aliphatic hydroxyl groups is 1. The Morgan fingerprint density at radius 1 is 1.25 bits per heavy atom. The molecule has 108 valence electrons. The molecule has 0 radical (unpaired) electrons. The van der Waals surface area contributed by atoms with E-state index in [1.807, 2.05) is 12.1 Å². The fourth-order valence-corrected chi connectivity index (χ4v) is 4.08. The highest BCUT2D eigenvalue weighted by molar-refractivity contribution is 5.39. The topological polar surface area (TPSA) is 38.7 Å². The van der Waals surface area contributed by atoms with E-state index in [0.29, 0.717) is 11.8 Å². The first-order chi connectivity index (χ1) is 9.82. The second-order valence-electron chi connectivity index (χ2n) is 6.65. The first kappa shape index (κ1) is 12.7. The summed E-state index contributed by atoms with van der Waals surface area (Å²) >= 11 is 0. The van der Waals surface area contributed by atoms with E-state index in [0.717, 1.165) is 31.8 Å². The summed E-state index contributed by atoms with van der Waals surface area (Å²) in [5, 5.41) is 10.1. The molecule has 3 atom stereocenters. The van der Waals surface area contributed by atoms with Crippen molar-refractivity contribution in [2.75, 3.05) is 19.8 Å². The van der Waals surface area contributed by atoms with E-state index >= 15 is 0 Å². The second-order valence-corrected chi connectivity index (χ2v) is 6.65. The normalized spacial score (nSPS) is 35.9. The van der Waals surface area contributed by atoms with Gasteiger partial charge in [-0.05, 0) is 37.7 Å². The van der Waals surface area contributed by atoms with Crippen LogP contribution in [0.25, 0.3) is 0 Å². The van der Waals surface area contributed by atoms with Gasteiger partial charge in [-0.15, -0.1) is 0 Å². The summed E-state index contributed by atoms with van der Waals surface area (Å²) in [6, 6.07) is 8.31. The Bertz CT molecular complexity index is 497. The van der Waals surface area contributed by atoms with Crippen LogP contribution in [0.4, 0.5) is 0 Å². The molecule has 0 aromatic heterocycles. The first-order valence-corrected chi connectivity index (χ1v) is 7.77. The second kappa shape index (κ2) is 4.74. The van der Waals surface area contributed by atoms with Gasteiger partial charge in [-0.2, -0.15) is 0 Å². The van der Waals surface area contributed by atoms with Crippen molar-refractivity contribution in [2.45, 2.75) is 37.7 Å². The van der Waals surface area contributed by atoms with E-state index < -0.39 is 0 Å². The molecule has 1 saturated heterocycles. The lowest BCUT2D eigenvalue weighted by Crippen LogP contribution is -2.38. The van der Waals surface area contributed by atoms with Crippen LogP contribution in [0.2, 0.25) is 0 Å². The van der Waals surface area contributed by atoms with Crippen LogP contribution in [0.1, 0.15) is 37.2 Å². The smallest absolute Gasteiger partial charge is 0.122 e.